The van der Waals surface area contributed by atoms with Crippen molar-refractivity contribution in [1.82, 2.24) is 20.6 Å². The van der Waals surface area contributed by atoms with Crippen LogP contribution in [0.5, 0.6) is 0 Å². The Balaban J connectivity index is 1.82. The van der Waals surface area contributed by atoms with Crippen LogP contribution in [0.1, 0.15) is 5.56 Å². The van der Waals surface area contributed by atoms with Gasteiger partial charge in [-0.2, -0.15) is 4.98 Å². The first-order chi connectivity index (χ1) is 12.3. The summed E-state index contributed by atoms with van der Waals surface area (Å²) in [4.78, 5) is 14.6. The number of fused-ring (bicyclic) bond motifs is 1. The summed E-state index contributed by atoms with van der Waals surface area (Å²) >= 11 is 1.41. The van der Waals surface area contributed by atoms with E-state index in [0.717, 1.165) is 21.3 Å². The Bertz CT molecular complexity index is 1050. The molecule has 0 fully saturated rings. The minimum Gasteiger partial charge on any atom is -0.333 e. The fraction of sp³-hybridized carbons (Fsp3) is 0.0588. The molecular weight excluding hydrogens is 338 g/mol. The second-order valence-electron chi connectivity index (χ2n) is 5.31. The Morgan fingerprint density at radius 1 is 1.24 bits per heavy atom. The highest BCUT2D eigenvalue weighted by atomic mass is 32.1. The summed E-state index contributed by atoms with van der Waals surface area (Å²) in [5.41, 5.74) is 4.57. The lowest BCUT2D eigenvalue weighted by molar-refractivity contribution is 0.240. The van der Waals surface area contributed by atoms with Gasteiger partial charge in [0.2, 0.25) is 5.82 Å². The van der Waals surface area contributed by atoms with Crippen LogP contribution in [0.15, 0.2) is 52.1 Å². The van der Waals surface area contributed by atoms with Crippen LogP contribution >= 0.6 is 11.3 Å². The Kier molecular flexibility index (Phi) is 3.96. The molecule has 0 amide bonds. The number of hydroxylamine groups is 1. The normalized spacial score (nSPS) is 11.4. The molecule has 0 saturated heterocycles. The number of hydrogen-bond acceptors (Lipinski definition) is 7. The Morgan fingerprint density at radius 3 is 2.88 bits per heavy atom. The Hall–Kier alpha value is -3.10. The molecule has 0 aliphatic carbocycles. The first-order valence-electron chi connectivity index (χ1n) is 7.47. The average molecular weight is 351 g/mol. The number of aryl methyl sites for hydroxylation is 1. The van der Waals surface area contributed by atoms with Crippen molar-refractivity contribution in [3.05, 3.63) is 48.2 Å². The van der Waals surface area contributed by atoms with Crippen LogP contribution < -0.4 is 5.48 Å². The zero-order valence-electron chi connectivity index (χ0n) is 13.2. The third kappa shape index (κ3) is 2.88. The van der Waals surface area contributed by atoms with Gasteiger partial charge in [-0.1, -0.05) is 35.0 Å². The van der Waals surface area contributed by atoms with Crippen molar-refractivity contribution in [2.45, 2.75) is 6.92 Å². The molecule has 25 heavy (non-hydrogen) atoms. The number of hydrogen-bond donors (Lipinski definition) is 2. The molecule has 1 aromatic carbocycles. The van der Waals surface area contributed by atoms with E-state index in [1.807, 2.05) is 48.8 Å². The number of rotatable bonds is 4. The van der Waals surface area contributed by atoms with Crippen LogP contribution in [-0.2, 0) is 0 Å². The molecule has 0 bridgehead atoms. The topological polar surface area (TPSA) is 96.4 Å². The number of benzene rings is 1. The van der Waals surface area contributed by atoms with Crippen molar-refractivity contribution >= 4 is 33.6 Å². The maximum atomic E-state index is 8.81. The van der Waals surface area contributed by atoms with E-state index < -0.39 is 0 Å². The molecule has 0 aliphatic rings. The fourth-order valence-electron chi connectivity index (χ4n) is 2.42. The fourth-order valence-corrected chi connectivity index (χ4v) is 3.43. The van der Waals surface area contributed by atoms with Gasteiger partial charge in [0.05, 0.1) is 5.69 Å². The minimum absolute atomic E-state index is 0.365. The maximum Gasteiger partial charge on any atom is 0.270 e. The summed E-state index contributed by atoms with van der Waals surface area (Å²) in [5, 5.41) is 13.7. The minimum atomic E-state index is 0.365. The molecule has 0 atom stereocenters. The molecule has 8 heteroatoms. The number of nitrogens with zero attached hydrogens (tertiary/aromatic N) is 4. The molecule has 3 heterocycles. The predicted octanol–water partition coefficient (Wildman–Crippen LogP) is 3.96. The second-order valence-corrected chi connectivity index (χ2v) is 6.31. The highest BCUT2D eigenvalue weighted by Crippen LogP contribution is 2.43. The quantitative estimate of drug-likeness (QED) is 0.328. The standard InChI is InChI=1S/C17H13N5O2S/c1-10-4-6-11(7-5-10)15-21-16(24-22-15)14-13(19-9-20-23)12-3-2-8-18-17(12)25-14/h2-9,23H,1H3,(H,19,20). The molecule has 0 saturated carbocycles. The molecule has 0 unspecified atom stereocenters. The molecule has 3 aromatic heterocycles. The van der Waals surface area contributed by atoms with Gasteiger partial charge in [-0.15, -0.1) is 11.3 Å². The van der Waals surface area contributed by atoms with E-state index in [-0.39, 0.29) is 0 Å². The van der Waals surface area contributed by atoms with E-state index in [4.69, 9.17) is 9.73 Å². The van der Waals surface area contributed by atoms with Gasteiger partial charge in [-0.05, 0) is 19.1 Å². The number of thiophene rings is 1. The highest BCUT2D eigenvalue weighted by molar-refractivity contribution is 7.22. The summed E-state index contributed by atoms with van der Waals surface area (Å²) in [6, 6.07) is 11.6. The number of aromatic nitrogens is 3. The highest BCUT2D eigenvalue weighted by Gasteiger charge is 2.20. The largest absolute Gasteiger partial charge is 0.333 e. The lowest BCUT2D eigenvalue weighted by atomic mass is 10.1. The van der Waals surface area contributed by atoms with Gasteiger partial charge in [0.15, 0.2) is 0 Å². The summed E-state index contributed by atoms with van der Waals surface area (Å²) < 4.78 is 5.45. The van der Waals surface area contributed by atoms with Crippen molar-refractivity contribution in [2.24, 2.45) is 4.99 Å². The van der Waals surface area contributed by atoms with Gasteiger partial charge in [-0.3, -0.25) is 10.7 Å². The number of pyridine rings is 1. The van der Waals surface area contributed by atoms with Crippen molar-refractivity contribution in [3.8, 4) is 22.2 Å². The molecule has 2 N–H and O–H groups in total. The molecule has 4 aromatic rings. The zero-order chi connectivity index (χ0) is 17.2. The third-order valence-corrected chi connectivity index (χ3v) is 4.71. The summed E-state index contributed by atoms with van der Waals surface area (Å²) in [7, 11) is 0. The first kappa shape index (κ1) is 15.4. The summed E-state index contributed by atoms with van der Waals surface area (Å²) in [6.07, 6.45) is 2.90. The number of nitrogens with one attached hydrogen (secondary N) is 1. The zero-order valence-corrected chi connectivity index (χ0v) is 14.0. The third-order valence-electron chi connectivity index (χ3n) is 3.62. The van der Waals surface area contributed by atoms with E-state index in [2.05, 4.69) is 20.1 Å². The van der Waals surface area contributed by atoms with Crippen LogP contribution in [0, 0.1) is 6.92 Å². The van der Waals surface area contributed by atoms with E-state index in [0.29, 0.717) is 22.3 Å². The lowest BCUT2D eigenvalue weighted by Crippen LogP contribution is -2.00. The molecule has 124 valence electrons. The lowest BCUT2D eigenvalue weighted by Gasteiger charge is -1.95. The molecule has 7 nitrogen and oxygen atoms in total. The monoisotopic (exact) mass is 351 g/mol. The number of aliphatic imine (C=N–C) groups is 1. The first-order valence-corrected chi connectivity index (χ1v) is 8.28. The van der Waals surface area contributed by atoms with Crippen LogP contribution in [-0.4, -0.2) is 26.7 Å². The van der Waals surface area contributed by atoms with E-state index in [1.54, 1.807) is 6.20 Å². The molecular formula is C17H13N5O2S. The Labute approximate surface area is 146 Å². The van der Waals surface area contributed by atoms with Gasteiger partial charge in [0, 0.05) is 17.1 Å². The van der Waals surface area contributed by atoms with Crippen LogP contribution in [0.4, 0.5) is 5.69 Å². The van der Waals surface area contributed by atoms with Gasteiger partial charge in [0.1, 0.15) is 16.0 Å². The second kappa shape index (κ2) is 6.42. The molecule has 4 rings (SSSR count). The maximum absolute atomic E-state index is 8.81. The predicted molar refractivity (Wildman–Crippen MR) is 96.2 cm³/mol. The summed E-state index contributed by atoms with van der Waals surface area (Å²) in [5.74, 6) is 0.874. The van der Waals surface area contributed by atoms with Crippen molar-refractivity contribution in [2.75, 3.05) is 0 Å². The Morgan fingerprint density at radius 2 is 2.08 bits per heavy atom. The van der Waals surface area contributed by atoms with Crippen molar-refractivity contribution in [3.63, 3.8) is 0 Å². The molecule has 0 spiro atoms. The van der Waals surface area contributed by atoms with E-state index >= 15 is 0 Å². The summed E-state index contributed by atoms with van der Waals surface area (Å²) in [6.45, 7) is 2.02. The van der Waals surface area contributed by atoms with E-state index in [9.17, 15) is 0 Å². The van der Waals surface area contributed by atoms with Gasteiger partial charge in [0.25, 0.3) is 5.89 Å². The van der Waals surface area contributed by atoms with Crippen molar-refractivity contribution in [1.29, 1.82) is 0 Å². The smallest absolute Gasteiger partial charge is 0.270 e. The molecule has 0 radical (unpaired) electrons. The van der Waals surface area contributed by atoms with Gasteiger partial charge in [-0.25, -0.2) is 9.98 Å². The average Bonchev–Trinajstić information content (AvgIpc) is 3.25. The molecule has 0 aliphatic heterocycles. The SMILES string of the molecule is Cc1ccc(-c2noc(-c3sc4ncccc4c3N=CNO)n2)cc1. The van der Waals surface area contributed by atoms with Gasteiger partial charge < -0.3 is 4.52 Å². The van der Waals surface area contributed by atoms with Crippen LogP contribution in [0.25, 0.3) is 32.4 Å². The van der Waals surface area contributed by atoms with Crippen molar-refractivity contribution < 1.29 is 9.73 Å². The van der Waals surface area contributed by atoms with Crippen LogP contribution in [0.2, 0.25) is 0 Å². The van der Waals surface area contributed by atoms with E-state index in [1.165, 1.54) is 17.7 Å². The van der Waals surface area contributed by atoms with Crippen LogP contribution in [0.3, 0.4) is 0 Å². The van der Waals surface area contributed by atoms with Gasteiger partial charge >= 0.3 is 0 Å².